The van der Waals surface area contributed by atoms with E-state index >= 15 is 0 Å². The molecule has 1 aromatic carbocycles. The molecule has 0 atom stereocenters. The molecule has 5 rings (SSSR count). The van der Waals surface area contributed by atoms with Gasteiger partial charge in [0.15, 0.2) is 6.61 Å². The number of hydrogen-bond donors (Lipinski definition) is 1. The molecule has 0 spiro atoms. The molecule has 2 amide bonds. The summed E-state index contributed by atoms with van der Waals surface area (Å²) in [6, 6.07) is 6.70. The van der Waals surface area contributed by atoms with E-state index in [4.69, 9.17) is 4.74 Å². The largest absolute Gasteiger partial charge is 0.452 e. The highest BCUT2D eigenvalue weighted by molar-refractivity contribution is 5.96. The second kappa shape index (κ2) is 7.22. The first-order chi connectivity index (χ1) is 13.3. The van der Waals surface area contributed by atoms with E-state index in [-0.39, 0.29) is 23.8 Å². The summed E-state index contributed by atoms with van der Waals surface area (Å²) in [6.45, 7) is -0.281. The monoisotopic (exact) mass is 384 g/mol. The predicted molar refractivity (Wildman–Crippen MR) is 105 cm³/mol. The van der Waals surface area contributed by atoms with Gasteiger partial charge in [-0.15, -0.1) is 0 Å². The highest BCUT2D eigenvalue weighted by Gasteiger charge is 2.54. The number of nitrogens with one attached hydrogen (secondary N) is 1. The number of hydrogen-bond acceptors (Lipinski definition) is 4. The summed E-state index contributed by atoms with van der Waals surface area (Å²) >= 11 is 0. The van der Waals surface area contributed by atoms with Crippen LogP contribution in [0.5, 0.6) is 0 Å². The molecule has 0 unspecified atom stereocenters. The number of ether oxygens (including phenoxy) is 1. The standard InChI is InChI=1S/C22H28N2O4/c1-24(2)19(25)13-28-20(26)17-3-5-18(6-4-17)23-21(27)22-10-14-7-15(11-22)9-16(8-14)12-22/h3-6,14-16H,7-13H2,1-2H3,(H,23,27). The fourth-order valence-electron chi connectivity index (χ4n) is 5.68. The van der Waals surface area contributed by atoms with Crippen molar-refractivity contribution in [1.29, 1.82) is 0 Å². The summed E-state index contributed by atoms with van der Waals surface area (Å²) in [6.07, 6.45) is 6.98. The molecule has 4 saturated carbocycles. The lowest BCUT2D eigenvalue weighted by molar-refractivity contribution is -0.140. The maximum absolute atomic E-state index is 13.1. The molecule has 1 aromatic rings. The molecule has 4 aliphatic carbocycles. The molecule has 4 aliphatic rings. The molecular weight excluding hydrogens is 356 g/mol. The first kappa shape index (κ1) is 19.0. The van der Waals surface area contributed by atoms with Crippen molar-refractivity contribution < 1.29 is 19.1 Å². The molecule has 4 fully saturated rings. The number of benzene rings is 1. The van der Waals surface area contributed by atoms with E-state index in [0.29, 0.717) is 11.3 Å². The molecule has 0 heterocycles. The second-order valence-corrected chi connectivity index (χ2v) is 9.09. The van der Waals surface area contributed by atoms with Crippen LogP contribution in [-0.2, 0) is 14.3 Å². The van der Waals surface area contributed by atoms with E-state index in [1.807, 2.05) is 0 Å². The first-order valence-electron chi connectivity index (χ1n) is 10.1. The van der Waals surface area contributed by atoms with Gasteiger partial charge in [0.2, 0.25) is 5.91 Å². The number of amides is 2. The van der Waals surface area contributed by atoms with Gasteiger partial charge in [-0.2, -0.15) is 0 Å². The Kier molecular flexibility index (Phi) is 4.89. The smallest absolute Gasteiger partial charge is 0.338 e. The van der Waals surface area contributed by atoms with Crippen LogP contribution in [0.1, 0.15) is 48.9 Å². The Morgan fingerprint density at radius 2 is 1.54 bits per heavy atom. The lowest BCUT2D eigenvalue weighted by Crippen LogP contribution is -2.51. The highest BCUT2D eigenvalue weighted by atomic mass is 16.5. The topological polar surface area (TPSA) is 75.7 Å². The summed E-state index contributed by atoms with van der Waals surface area (Å²) in [5, 5.41) is 3.08. The average molecular weight is 384 g/mol. The van der Waals surface area contributed by atoms with Gasteiger partial charge in [-0.1, -0.05) is 0 Å². The number of carbonyl (C=O) groups excluding carboxylic acids is 3. The molecule has 0 aliphatic heterocycles. The Bertz CT molecular complexity index is 749. The molecule has 6 nitrogen and oxygen atoms in total. The number of rotatable bonds is 5. The Morgan fingerprint density at radius 1 is 1.00 bits per heavy atom. The molecule has 150 valence electrons. The van der Waals surface area contributed by atoms with Crippen LogP contribution < -0.4 is 5.32 Å². The SMILES string of the molecule is CN(C)C(=O)COC(=O)c1ccc(NC(=O)C23CC4CC(CC(C4)C2)C3)cc1. The lowest BCUT2D eigenvalue weighted by atomic mass is 9.49. The molecule has 0 saturated heterocycles. The Balaban J connectivity index is 1.36. The van der Waals surface area contributed by atoms with E-state index in [0.717, 1.165) is 37.0 Å². The van der Waals surface area contributed by atoms with E-state index in [2.05, 4.69) is 5.32 Å². The minimum atomic E-state index is -0.547. The fraction of sp³-hybridized carbons (Fsp3) is 0.591. The van der Waals surface area contributed by atoms with Crippen LogP contribution in [0.4, 0.5) is 5.69 Å². The van der Waals surface area contributed by atoms with Crippen molar-refractivity contribution in [3.63, 3.8) is 0 Å². The minimum absolute atomic E-state index is 0.138. The zero-order valence-electron chi connectivity index (χ0n) is 16.6. The summed E-state index contributed by atoms with van der Waals surface area (Å²) in [4.78, 5) is 38.0. The average Bonchev–Trinajstić information content (AvgIpc) is 2.65. The van der Waals surface area contributed by atoms with E-state index in [1.54, 1.807) is 38.4 Å². The third-order valence-corrected chi connectivity index (χ3v) is 6.72. The van der Waals surface area contributed by atoms with E-state index in [9.17, 15) is 14.4 Å². The van der Waals surface area contributed by atoms with Gasteiger partial charge in [0.1, 0.15) is 0 Å². The third kappa shape index (κ3) is 3.64. The molecule has 1 N–H and O–H groups in total. The highest BCUT2D eigenvalue weighted by Crippen LogP contribution is 2.60. The minimum Gasteiger partial charge on any atom is -0.452 e. The maximum atomic E-state index is 13.1. The van der Waals surface area contributed by atoms with Gasteiger partial charge < -0.3 is 15.0 Å². The van der Waals surface area contributed by atoms with Crippen molar-refractivity contribution in [1.82, 2.24) is 4.90 Å². The molecule has 0 aromatic heterocycles. The van der Waals surface area contributed by atoms with Crippen LogP contribution in [-0.4, -0.2) is 43.4 Å². The summed E-state index contributed by atoms with van der Waals surface area (Å²) < 4.78 is 5.02. The quantitative estimate of drug-likeness (QED) is 0.792. The Morgan fingerprint density at radius 3 is 2.04 bits per heavy atom. The Hall–Kier alpha value is -2.37. The zero-order valence-corrected chi connectivity index (χ0v) is 16.6. The molecular formula is C22H28N2O4. The molecule has 28 heavy (non-hydrogen) atoms. The van der Waals surface area contributed by atoms with Gasteiger partial charge in [0, 0.05) is 19.8 Å². The van der Waals surface area contributed by atoms with Crippen molar-refractivity contribution in [2.45, 2.75) is 38.5 Å². The van der Waals surface area contributed by atoms with Crippen LogP contribution >= 0.6 is 0 Å². The van der Waals surface area contributed by atoms with Crippen molar-refractivity contribution in [3.05, 3.63) is 29.8 Å². The van der Waals surface area contributed by atoms with Gasteiger partial charge in [-0.3, -0.25) is 9.59 Å². The predicted octanol–water partition coefficient (Wildman–Crippen LogP) is 3.09. The van der Waals surface area contributed by atoms with Crippen molar-refractivity contribution >= 4 is 23.5 Å². The van der Waals surface area contributed by atoms with Crippen molar-refractivity contribution in [3.8, 4) is 0 Å². The molecule has 4 bridgehead atoms. The van der Waals surface area contributed by atoms with Crippen molar-refractivity contribution in [2.75, 3.05) is 26.0 Å². The van der Waals surface area contributed by atoms with Gasteiger partial charge in [0.05, 0.1) is 11.0 Å². The fourth-order valence-corrected chi connectivity index (χ4v) is 5.68. The second-order valence-electron chi connectivity index (χ2n) is 9.09. The lowest BCUT2D eigenvalue weighted by Gasteiger charge is -2.55. The van der Waals surface area contributed by atoms with Gasteiger partial charge in [-0.25, -0.2) is 4.79 Å². The summed E-state index contributed by atoms with van der Waals surface area (Å²) in [5.41, 5.74) is 0.861. The van der Waals surface area contributed by atoms with Gasteiger partial charge in [0.25, 0.3) is 5.91 Å². The van der Waals surface area contributed by atoms with Crippen molar-refractivity contribution in [2.24, 2.45) is 23.2 Å². The van der Waals surface area contributed by atoms with Crippen LogP contribution in [0.2, 0.25) is 0 Å². The molecule has 0 radical (unpaired) electrons. The number of carbonyl (C=O) groups is 3. The number of likely N-dealkylation sites (N-methyl/N-ethyl adjacent to an activating group) is 1. The van der Waals surface area contributed by atoms with E-state index in [1.165, 1.54) is 24.2 Å². The van der Waals surface area contributed by atoms with Crippen LogP contribution in [0.15, 0.2) is 24.3 Å². The first-order valence-corrected chi connectivity index (χ1v) is 10.1. The number of esters is 1. The van der Waals surface area contributed by atoms with Crippen LogP contribution in [0.25, 0.3) is 0 Å². The van der Waals surface area contributed by atoms with Gasteiger partial charge >= 0.3 is 5.97 Å². The third-order valence-electron chi connectivity index (χ3n) is 6.72. The van der Waals surface area contributed by atoms with Gasteiger partial charge in [-0.05, 0) is 80.5 Å². The van der Waals surface area contributed by atoms with Crippen LogP contribution in [0, 0.1) is 23.2 Å². The summed E-state index contributed by atoms with van der Waals surface area (Å²) in [5.74, 6) is 1.48. The molecule has 6 heteroatoms. The Labute approximate surface area is 165 Å². The zero-order chi connectivity index (χ0) is 19.9. The number of nitrogens with zero attached hydrogens (tertiary/aromatic N) is 1. The van der Waals surface area contributed by atoms with E-state index < -0.39 is 5.97 Å². The maximum Gasteiger partial charge on any atom is 0.338 e. The summed E-state index contributed by atoms with van der Waals surface area (Å²) in [7, 11) is 3.22. The van der Waals surface area contributed by atoms with Crippen LogP contribution in [0.3, 0.4) is 0 Å². The normalized spacial score (nSPS) is 30.0. The number of anilines is 1.